The number of rotatable bonds is 2. The molecule has 1 atom stereocenters. The van der Waals surface area contributed by atoms with Crippen molar-refractivity contribution in [3.63, 3.8) is 0 Å². The average molecular weight is 250 g/mol. The van der Waals surface area contributed by atoms with Crippen LogP contribution in [0, 0.1) is 0 Å². The molecule has 1 aromatic carbocycles. The zero-order valence-electron chi connectivity index (χ0n) is 10.6. The molecule has 0 bridgehead atoms. The summed E-state index contributed by atoms with van der Waals surface area (Å²) < 4.78 is 5.05. The molecule has 2 N–H and O–H groups in total. The topological polar surface area (TPSA) is 61.8 Å². The first-order valence-electron chi connectivity index (χ1n) is 5.92. The van der Waals surface area contributed by atoms with Crippen molar-refractivity contribution < 1.29 is 14.6 Å². The number of nitrogens with one attached hydrogen (secondary N) is 1. The van der Waals surface area contributed by atoms with Gasteiger partial charge in [0.2, 0.25) is 0 Å². The molecule has 0 aromatic heterocycles. The molecule has 2 amide bonds. The number of anilines is 1. The Morgan fingerprint density at radius 2 is 2.11 bits per heavy atom. The number of urea groups is 1. The summed E-state index contributed by atoms with van der Waals surface area (Å²) in [7, 11) is 1.60. The number of hydrogen-bond acceptors (Lipinski definition) is 3. The number of methoxy groups -OCH3 is 1. The van der Waals surface area contributed by atoms with E-state index < -0.39 is 5.60 Å². The number of amides is 2. The lowest BCUT2D eigenvalue weighted by molar-refractivity contribution is 0.0727. The van der Waals surface area contributed by atoms with Crippen LogP contribution < -0.4 is 10.1 Å². The summed E-state index contributed by atoms with van der Waals surface area (Å²) in [6, 6.07) is 6.96. The Morgan fingerprint density at radius 3 is 2.61 bits per heavy atom. The standard InChI is InChI=1S/C13H18N2O3/c1-13(17)7-8-15(9-13)12(16)14-10-3-5-11(18-2)6-4-10/h3-6,17H,7-9H2,1-2H3,(H,14,16). The monoisotopic (exact) mass is 250 g/mol. The maximum absolute atomic E-state index is 11.9. The molecular formula is C13H18N2O3. The second-order valence-electron chi connectivity index (χ2n) is 4.83. The summed E-state index contributed by atoms with van der Waals surface area (Å²) in [6.07, 6.45) is 0.614. The highest BCUT2D eigenvalue weighted by Crippen LogP contribution is 2.21. The van der Waals surface area contributed by atoms with E-state index in [1.807, 2.05) is 0 Å². The van der Waals surface area contributed by atoms with Crippen molar-refractivity contribution in [2.75, 3.05) is 25.5 Å². The molecule has 1 aliphatic rings. The lowest BCUT2D eigenvalue weighted by atomic mass is 10.1. The maximum Gasteiger partial charge on any atom is 0.321 e. The van der Waals surface area contributed by atoms with Crippen LogP contribution in [0.3, 0.4) is 0 Å². The Morgan fingerprint density at radius 1 is 1.44 bits per heavy atom. The molecular weight excluding hydrogens is 232 g/mol. The average Bonchev–Trinajstić information content (AvgIpc) is 2.71. The van der Waals surface area contributed by atoms with Crippen molar-refractivity contribution in [2.24, 2.45) is 0 Å². The minimum Gasteiger partial charge on any atom is -0.497 e. The van der Waals surface area contributed by atoms with E-state index in [4.69, 9.17) is 4.74 Å². The van der Waals surface area contributed by atoms with Crippen LogP contribution in [-0.4, -0.2) is 41.8 Å². The number of carbonyl (C=O) groups excluding carboxylic acids is 1. The van der Waals surface area contributed by atoms with Gasteiger partial charge in [0.05, 0.1) is 19.3 Å². The molecule has 1 aliphatic heterocycles. The van der Waals surface area contributed by atoms with Gasteiger partial charge in [-0.05, 0) is 37.6 Å². The molecule has 5 heteroatoms. The third-order valence-electron chi connectivity index (χ3n) is 3.08. The van der Waals surface area contributed by atoms with Gasteiger partial charge in [0.25, 0.3) is 0 Å². The van der Waals surface area contributed by atoms with Gasteiger partial charge in [-0.15, -0.1) is 0 Å². The predicted molar refractivity (Wildman–Crippen MR) is 68.8 cm³/mol. The number of carbonyl (C=O) groups is 1. The smallest absolute Gasteiger partial charge is 0.321 e. The lowest BCUT2D eigenvalue weighted by Gasteiger charge is -2.19. The minimum absolute atomic E-state index is 0.182. The molecule has 1 saturated heterocycles. The molecule has 98 valence electrons. The Labute approximate surface area is 106 Å². The highest BCUT2D eigenvalue weighted by molar-refractivity contribution is 5.89. The fourth-order valence-corrected chi connectivity index (χ4v) is 2.00. The summed E-state index contributed by atoms with van der Waals surface area (Å²) in [4.78, 5) is 13.5. The van der Waals surface area contributed by atoms with Gasteiger partial charge in [-0.2, -0.15) is 0 Å². The highest BCUT2D eigenvalue weighted by atomic mass is 16.5. The molecule has 0 spiro atoms. The first-order valence-corrected chi connectivity index (χ1v) is 5.92. The first-order chi connectivity index (χ1) is 8.50. The van der Waals surface area contributed by atoms with Crippen LogP contribution in [0.4, 0.5) is 10.5 Å². The van der Waals surface area contributed by atoms with E-state index in [9.17, 15) is 9.90 Å². The molecule has 1 unspecified atom stereocenters. The molecule has 18 heavy (non-hydrogen) atoms. The van der Waals surface area contributed by atoms with Crippen molar-refractivity contribution >= 4 is 11.7 Å². The number of β-amino-alcohol motifs (C(OH)–C–C–N with tert-alkyl or cyclic N) is 1. The van der Waals surface area contributed by atoms with Crippen LogP contribution in [0.15, 0.2) is 24.3 Å². The van der Waals surface area contributed by atoms with E-state index >= 15 is 0 Å². The molecule has 1 fully saturated rings. The van der Waals surface area contributed by atoms with Crippen LogP contribution in [0.25, 0.3) is 0 Å². The number of likely N-dealkylation sites (tertiary alicyclic amines) is 1. The SMILES string of the molecule is COc1ccc(NC(=O)N2CCC(C)(O)C2)cc1. The molecule has 0 saturated carbocycles. The minimum atomic E-state index is -0.767. The van der Waals surface area contributed by atoms with Gasteiger partial charge in [0.1, 0.15) is 5.75 Å². The number of nitrogens with zero attached hydrogens (tertiary/aromatic N) is 1. The van der Waals surface area contributed by atoms with E-state index in [-0.39, 0.29) is 6.03 Å². The van der Waals surface area contributed by atoms with Gasteiger partial charge in [-0.25, -0.2) is 4.79 Å². The summed E-state index contributed by atoms with van der Waals surface area (Å²) in [5.41, 5.74) is -0.0515. The van der Waals surface area contributed by atoms with Crippen molar-refractivity contribution in [3.8, 4) is 5.75 Å². The van der Waals surface area contributed by atoms with Gasteiger partial charge < -0.3 is 20.1 Å². The van der Waals surface area contributed by atoms with E-state index in [2.05, 4.69) is 5.32 Å². The summed E-state index contributed by atoms with van der Waals surface area (Å²) >= 11 is 0. The van der Waals surface area contributed by atoms with Crippen LogP contribution in [0.2, 0.25) is 0 Å². The van der Waals surface area contributed by atoms with Crippen molar-refractivity contribution in [3.05, 3.63) is 24.3 Å². The molecule has 1 heterocycles. The third kappa shape index (κ3) is 2.92. The fourth-order valence-electron chi connectivity index (χ4n) is 2.00. The second-order valence-corrected chi connectivity index (χ2v) is 4.83. The molecule has 0 aliphatic carbocycles. The predicted octanol–water partition coefficient (Wildman–Crippen LogP) is 1.68. The zero-order chi connectivity index (χ0) is 13.2. The van der Waals surface area contributed by atoms with Crippen LogP contribution in [0.5, 0.6) is 5.75 Å². The molecule has 1 aromatic rings. The number of aliphatic hydroxyl groups is 1. The third-order valence-corrected chi connectivity index (χ3v) is 3.08. The highest BCUT2D eigenvalue weighted by Gasteiger charge is 2.33. The van der Waals surface area contributed by atoms with Crippen LogP contribution >= 0.6 is 0 Å². The van der Waals surface area contributed by atoms with Crippen molar-refractivity contribution in [2.45, 2.75) is 18.9 Å². The van der Waals surface area contributed by atoms with Crippen molar-refractivity contribution in [1.29, 1.82) is 0 Å². The van der Waals surface area contributed by atoms with E-state index in [0.717, 1.165) is 5.75 Å². The van der Waals surface area contributed by atoms with Crippen molar-refractivity contribution in [1.82, 2.24) is 4.90 Å². The molecule has 5 nitrogen and oxygen atoms in total. The molecule has 2 rings (SSSR count). The van der Waals surface area contributed by atoms with E-state index in [1.165, 1.54) is 0 Å². The zero-order valence-corrected chi connectivity index (χ0v) is 10.6. The van der Waals surface area contributed by atoms with Crippen LogP contribution in [0.1, 0.15) is 13.3 Å². The van der Waals surface area contributed by atoms with Gasteiger partial charge in [0, 0.05) is 12.2 Å². The van der Waals surface area contributed by atoms with E-state index in [0.29, 0.717) is 25.2 Å². The summed E-state index contributed by atoms with van der Waals surface area (Å²) in [6.45, 7) is 2.69. The Kier molecular flexibility index (Phi) is 3.43. The summed E-state index contributed by atoms with van der Waals surface area (Å²) in [5, 5.41) is 12.6. The second kappa shape index (κ2) is 4.86. The van der Waals surface area contributed by atoms with Gasteiger partial charge in [-0.1, -0.05) is 0 Å². The van der Waals surface area contributed by atoms with Gasteiger partial charge >= 0.3 is 6.03 Å². The van der Waals surface area contributed by atoms with Crippen LogP contribution in [-0.2, 0) is 0 Å². The lowest BCUT2D eigenvalue weighted by Crippen LogP contribution is -2.36. The maximum atomic E-state index is 11.9. The Bertz CT molecular complexity index is 428. The Hall–Kier alpha value is -1.75. The largest absolute Gasteiger partial charge is 0.497 e. The number of ether oxygens (including phenoxy) is 1. The molecule has 0 radical (unpaired) electrons. The number of benzene rings is 1. The first kappa shape index (κ1) is 12.7. The van der Waals surface area contributed by atoms with Gasteiger partial charge in [-0.3, -0.25) is 0 Å². The quantitative estimate of drug-likeness (QED) is 0.839. The fraction of sp³-hybridized carbons (Fsp3) is 0.462. The van der Waals surface area contributed by atoms with E-state index in [1.54, 1.807) is 43.2 Å². The Balaban J connectivity index is 1.95. The summed E-state index contributed by atoms with van der Waals surface area (Å²) in [5.74, 6) is 0.747. The normalized spacial score (nSPS) is 22.9. The van der Waals surface area contributed by atoms with Gasteiger partial charge in [0.15, 0.2) is 0 Å². The number of hydrogen-bond donors (Lipinski definition) is 2.